The molecule has 17 heavy (non-hydrogen) atoms. The first-order valence-corrected chi connectivity index (χ1v) is 6.24. The Morgan fingerprint density at radius 3 is 2.94 bits per heavy atom. The molecule has 2 unspecified atom stereocenters. The zero-order valence-corrected chi connectivity index (χ0v) is 10.2. The Kier molecular flexibility index (Phi) is 4.00. The van der Waals surface area contributed by atoms with Gasteiger partial charge in [0.05, 0.1) is 12.7 Å². The molecule has 1 fully saturated rings. The van der Waals surface area contributed by atoms with Crippen molar-refractivity contribution in [3.05, 3.63) is 29.6 Å². The molecular weight excluding hydrogens is 219 g/mol. The van der Waals surface area contributed by atoms with E-state index in [0.29, 0.717) is 23.8 Å². The smallest absolute Gasteiger partial charge is 0.167 e. The van der Waals surface area contributed by atoms with Crippen molar-refractivity contribution in [3.63, 3.8) is 0 Å². The number of hydrogen-bond acceptors (Lipinski definition) is 2. The van der Waals surface area contributed by atoms with Crippen LogP contribution in [-0.4, -0.2) is 17.8 Å². The molecule has 0 spiro atoms. The Hall–Kier alpha value is -1.09. The van der Waals surface area contributed by atoms with Gasteiger partial charge in [-0.3, -0.25) is 0 Å². The summed E-state index contributed by atoms with van der Waals surface area (Å²) < 4.78 is 19.0. The molecule has 0 bridgehead atoms. The quantitative estimate of drug-likeness (QED) is 0.873. The maximum atomic E-state index is 13.6. The van der Waals surface area contributed by atoms with E-state index in [1.165, 1.54) is 0 Å². The molecule has 3 heteroatoms. The monoisotopic (exact) mass is 238 g/mol. The van der Waals surface area contributed by atoms with Crippen molar-refractivity contribution in [2.24, 2.45) is 5.92 Å². The summed E-state index contributed by atoms with van der Waals surface area (Å²) in [6, 6.07) is 5.16. The second-order valence-electron chi connectivity index (χ2n) is 4.78. The topological polar surface area (TPSA) is 29.5 Å². The lowest BCUT2D eigenvalue weighted by Gasteiger charge is -2.15. The highest BCUT2D eigenvalue weighted by Crippen LogP contribution is 2.28. The molecule has 2 rings (SSSR count). The van der Waals surface area contributed by atoms with Gasteiger partial charge in [0.15, 0.2) is 11.6 Å². The summed E-state index contributed by atoms with van der Waals surface area (Å²) in [5.74, 6) is 0.361. The number of aliphatic hydroxyl groups is 1. The van der Waals surface area contributed by atoms with E-state index in [2.05, 4.69) is 0 Å². The van der Waals surface area contributed by atoms with E-state index in [1.54, 1.807) is 25.1 Å². The van der Waals surface area contributed by atoms with Crippen molar-refractivity contribution in [1.82, 2.24) is 0 Å². The lowest BCUT2D eigenvalue weighted by Crippen LogP contribution is -2.16. The van der Waals surface area contributed by atoms with Crippen molar-refractivity contribution in [3.8, 4) is 5.75 Å². The Bertz CT molecular complexity index is 378. The van der Waals surface area contributed by atoms with Crippen LogP contribution < -0.4 is 4.74 Å². The highest BCUT2D eigenvalue weighted by Gasteiger charge is 2.24. The lowest BCUT2D eigenvalue weighted by molar-refractivity contribution is 0.116. The predicted octanol–water partition coefficient (Wildman–Crippen LogP) is 3.06. The third-order valence-corrected chi connectivity index (χ3v) is 3.52. The van der Waals surface area contributed by atoms with Gasteiger partial charge in [-0.2, -0.15) is 0 Å². The Labute approximate surface area is 101 Å². The maximum absolute atomic E-state index is 13.6. The van der Waals surface area contributed by atoms with Crippen molar-refractivity contribution in [2.75, 3.05) is 6.61 Å². The van der Waals surface area contributed by atoms with Crippen molar-refractivity contribution < 1.29 is 14.2 Å². The first-order chi connectivity index (χ1) is 8.18. The summed E-state index contributed by atoms with van der Waals surface area (Å²) in [5, 5.41) is 9.66. The van der Waals surface area contributed by atoms with Gasteiger partial charge in [-0.05, 0) is 43.7 Å². The normalized spacial score (nSPS) is 23.9. The molecule has 0 aromatic heterocycles. The summed E-state index contributed by atoms with van der Waals surface area (Å²) in [6.07, 6.45) is 3.64. The second-order valence-corrected chi connectivity index (χ2v) is 4.78. The molecule has 0 aliphatic heterocycles. The standard InChI is InChI=1S/C14H19FO2/c1-10-4-2-7-13(14(10)15)17-9-8-11-5-3-6-12(11)16/h2,4,7,11-12,16H,3,5-6,8-9H2,1H3. The molecule has 0 radical (unpaired) electrons. The lowest BCUT2D eigenvalue weighted by atomic mass is 10.0. The van der Waals surface area contributed by atoms with Gasteiger partial charge in [-0.1, -0.05) is 18.6 Å². The van der Waals surface area contributed by atoms with Gasteiger partial charge in [-0.25, -0.2) is 4.39 Å². The first kappa shape index (κ1) is 12.4. The predicted molar refractivity (Wildman–Crippen MR) is 64.6 cm³/mol. The van der Waals surface area contributed by atoms with Gasteiger partial charge in [-0.15, -0.1) is 0 Å². The third-order valence-electron chi connectivity index (χ3n) is 3.52. The largest absolute Gasteiger partial charge is 0.490 e. The van der Waals surface area contributed by atoms with Gasteiger partial charge in [0, 0.05) is 0 Å². The molecule has 1 aliphatic carbocycles. The minimum atomic E-state index is -0.278. The van der Waals surface area contributed by atoms with E-state index in [-0.39, 0.29) is 11.9 Å². The molecule has 1 aromatic carbocycles. The number of ether oxygens (including phenoxy) is 1. The number of halogens is 1. The molecular formula is C14H19FO2. The number of aryl methyl sites for hydroxylation is 1. The number of aliphatic hydroxyl groups excluding tert-OH is 1. The van der Waals surface area contributed by atoms with Gasteiger partial charge in [0.25, 0.3) is 0 Å². The van der Waals surface area contributed by atoms with Crippen LogP contribution in [0.3, 0.4) is 0 Å². The highest BCUT2D eigenvalue weighted by molar-refractivity contribution is 5.29. The van der Waals surface area contributed by atoms with Crippen LogP contribution >= 0.6 is 0 Å². The SMILES string of the molecule is Cc1cccc(OCCC2CCCC2O)c1F. The average molecular weight is 238 g/mol. The summed E-state index contributed by atoms with van der Waals surface area (Å²) in [4.78, 5) is 0. The first-order valence-electron chi connectivity index (χ1n) is 6.24. The Morgan fingerprint density at radius 1 is 1.41 bits per heavy atom. The molecule has 1 aromatic rings. The van der Waals surface area contributed by atoms with E-state index in [1.807, 2.05) is 0 Å². The summed E-state index contributed by atoms with van der Waals surface area (Å²) >= 11 is 0. The summed E-state index contributed by atoms with van der Waals surface area (Å²) in [6.45, 7) is 2.20. The molecule has 2 nitrogen and oxygen atoms in total. The van der Waals surface area contributed by atoms with Crippen LogP contribution in [0.5, 0.6) is 5.75 Å². The highest BCUT2D eigenvalue weighted by atomic mass is 19.1. The molecule has 1 aliphatic rings. The van der Waals surface area contributed by atoms with Gasteiger partial charge in [0.1, 0.15) is 0 Å². The molecule has 94 valence electrons. The van der Waals surface area contributed by atoms with Crippen molar-refractivity contribution in [1.29, 1.82) is 0 Å². The van der Waals surface area contributed by atoms with E-state index >= 15 is 0 Å². The molecule has 1 N–H and O–H groups in total. The van der Waals surface area contributed by atoms with Gasteiger partial charge < -0.3 is 9.84 Å². The molecule has 2 atom stereocenters. The summed E-state index contributed by atoms with van der Waals surface area (Å²) in [7, 11) is 0. The van der Waals surface area contributed by atoms with Crippen LogP contribution in [0.4, 0.5) is 4.39 Å². The van der Waals surface area contributed by atoms with Crippen molar-refractivity contribution >= 4 is 0 Å². The minimum absolute atomic E-state index is 0.194. The fourth-order valence-electron chi connectivity index (χ4n) is 2.41. The van der Waals surface area contributed by atoms with Crippen LogP contribution in [0.1, 0.15) is 31.2 Å². The Balaban J connectivity index is 1.84. The zero-order chi connectivity index (χ0) is 12.3. The van der Waals surface area contributed by atoms with Crippen LogP contribution in [0.15, 0.2) is 18.2 Å². The van der Waals surface area contributed by atoms with E-state index < -0.39 is 0 Å². The van der Waals surface area contributed by atoms with Crippen LogP contribution in [-0.2, 0) is 0 Å². The van der Waals surface area contributed by atoms with Gasteiger partial charge in [0.2, 0.25) is 0 Å². The molecule has 0 amide bonds. The Morgan fingerprint density at radius 2 is 2.24 bits per heavy atom. The van der Waals surface area contributed by atoms with Gasteiger partial charge >= 0.3 is 0 Å². The number of benzene rings is 1. The summed E-state index contributed by atoms with van der Waals surface area (Å²) in [5.41, 5.74) is 0.600. The van der Waals surface area contributed by atoms with E-state index in [9.17, 15) is 9.50 Å². The van der Waals surface area contributed by atoms with Crippen molar-refractivity contribution in [2.45, 2.75) is 38.7 Å². The maximum Gasteiger partial charge on any atom is 0.167 e. The third kappa shape index (κ3) is 2.97. The fraction of sp³-hybridized carbons (Fsp3) is 0.571. The zero-order valence-electron chi connectivity index (χ0n) is 10.2. The van der Waals surface area contributed by atoms with Crippen LogP contribution in [0.25, 0.3) is 0 Å². The van der Waals surface area contributed by atoms with Crippen LogP contribution in [0.2, 0.25) is 0 Å². The molecule has 1 saturated carbocycles. The number of rotatable bonds is 4. The number of hydrogen-bond donors (Lipinski definition) is 1. The second kappa shape index (κ2) is 5.50. The molecule has 0 saturated heterocycles. The van der Waals surface area contributed by atoms with Crippen LogP contribution in [0, 0.1) is 18.7 Å². The molecule has 0 heterocycles. The fourth-order valence-corrected chi connectivity index (χ4v) is 2.41. The minimum Gasteiger partial charge on any atom is -0.490 e. The van der Waals surface area contributed by atoms with E-state index in [0.717, 1.165) is 25.7 Å². The average Bonchev–Trinajstić information content (AvgIpc) is 2.71. The van der Waals surface area contributed by atoms with E-state index in [4.69, 9.17) is 4.74 Å².